The second-order valence-corrected chi connectivity index (χ2v) is 17.3. The van der Waals surface area contributed by atoms with E-state index >= 15 is 0 Å². The standard InChI is InChI=1S/C61H41N3/c1-38-59(41-18-4-2-5-19-41)62-61(42-20-6-3-7-21-42)63-60(38)51-32-33-56(48-25-13-12-24-47(48)51)64-55-27-15-14-26-49(55)54-37-53-45(36-57(54)64)35-52(44-29-28-39-16-8-9-22-43(39)34-44)50-31-30-40-17-10-11-23-46(40)58(50)53/h2-34,36-37,52H,35H2,1H3. The Hall–Kier alpha value is -8.14. The minimum Gasteiger partial charge on any atom is -0.309 e. The van der Waals surface area contributed by atoms with Gasteiger partial charge in [0, 0.05) is 44.3 Å². The van der Waals surface area contributed by atoms with Crippen LogP contribution in [0.15, 0.2) is 212 Å². The van der Waals surface area contributed by atoms with Crippen molar-refractivity contribution in [3.05, 3.63) is 235 Å². The van der Waals surface area contributed by atoms with Crippen molar-refractivity contribution in [2.24, 2.45) is 0 Å². The molecule has 3 heteroatoms. The number of benzene rings is 10. The topological polar surface area (TPSA) is 30.7 Å². The summed E-state index contributed by atoms with van der Waals surface area (Å²) in [6.07, 6.45) is 0.913. The molecule has 1 aliphatic carbocycles. The SMILES string of the molecule is Cc1c(-c2ccccc2)nc(-c2ccccc2)nc1-c1ccc(-n2c3ccccc3c3cc4c(cc32)CC(c2ccc3ccccc3c2)c2ccc3ccccc3c2-4)c2ccccc12. The summed E-state index contributed by atoms with van der Waals surface area (Å²) >= 11 is 0. The normalized spacial score (nSPS) is 13.5. The van der Waals surface area contributed by atoms with E-state index in [0.717, 1.165) is 57.0 Å². The van der Waals surface area contributed by atoms with Crippen LogP contribution in [0.5, 0.6) is 0 Å². The number of fused-ring (bicyclic) bond motifs is 10. The first-order valence-electron chi connectivity index (χ1n) is 22.2. The molecule has 10 aromatic carbocycles. The Bertz CT molecular complexity index is 3830. The molecule has 300 valence electrons. The fourth-order valence-corrected chi connectivity index (χ4v) is 10.7. The summed E-state index contributed by atoms with van der Waals surface area (Å²) in [5.74, 6) is 0.932. The highest BCUT2D eigenvalue weighted by atomic mass is 15.0. The Morgan fingerprint density at radius 3 is 1.89 bits per heavy atom. The van der Waals surface area contributed by atoms with E-state index in [2.05, 4.69) is 218 Å². The lowest BCUT2D eigenvalue weighted by atomic mass is 9.73. The monoisotopic (exact) mass is 815 g/mol. The second-order valence-electron chi connectivity index (χ2n) is 17.3. The molecule has 0 saturated heterocycles. The van der Waals surface area contributed by atoms with Crippen molar-refractivity contribution in [2.45, 2.75) is 19.3 Å². The van der Waals surface area contributed by atoms with Gasteiger partial charge in [-0.3, -0.25) is 0 Å². The van der Waals surface area contributed by atoms with Crippen molar-refractivity contribution in [2.75, 3.05) is 0 Å². The average Bonchev–Trinajstić information content (AvgIpc) is 3.68. The highest BCUT2D eigenvalue weighted by Crippen LogP contribution is 2.49. The van der Waals surface area contributed by atoms with Crippen LogP contribution in [0.3, 0.4) is 0 Å². The summed E-state index contributed by atoms with van der Waals surface area (Å²) in [4.78, 5) is 10.6. The van der Waals surface area contributed by atoms with Crippen molar-refractivity contribution >= 4 is 54.1 Å². The first kappa shape index (κ1) is 36.5. The van der Waals surface area contributed by atoms with Gasteiger partial charge in [-0.15, -0.1) is 0 Å². The minimum atomic E-state index is 0.213. The summed E-state index contributed by atoms with van der Waals surface area (Å²) in [7, 11) is 0. The molecule has 64 heavy (non-hydrogen) atoms. The van der Waals surface area contributed by atoms with Crippen molar-refractivity contribution in [3.8, 4) is 50.7 Å². The molecule has 3 nitrogen and oxygen atoms in total. The Labute approximate surface area is 371 Å². The van der Waals surface area contributed by atoms with E-state index in [1.54, 1.807) is 0 Å². The van der Waals surface area contributed by atoms with E-state index in [1.165, 1.54) is 76.6 Å². The van der Waals surface area contributed by atoms with Gasteiger partial charge in [0.05, 0.1) is 28.1 Å². The Balaban J connectivity index is 1.05. The van der Waals surface area contributed by atoms with Gasteiger partial charge in [-0.1, -0.05) is 188 Å². The molecule has 1 aliphatic rings. The van der Waals surface area contributed by atoms with Crippen molar-refractivity contribution in [3.63, 3.8) is 0 Å². The van der Waals surface area contributed by atoms with E-state index in [4.69, 9.17) is 9.97 Å². The van der Waals surface area contributed by atoms with Crippen LogP contribution in [0, 0.1) is 6.92 Å². The molecule has 12 aromatic rings. The van der Waals surface area contributed by atoms with Crippen molar-refractivity contribution in [1.82, 2.24) is 14.5 Å². The molecule has 0 amide bonds. The third-order valence-electron chi connectivity index (χ3n) is 13.7. The number of para-hydroxylation sites is 1. The van der Waals surface area contributed by atoms with Gasteiger partial charge in [0.2, 0.25) is 0 Å². The maximum Gasteiger partial charge on any atom is 0.160 e. The van der Waals surface area contributed by atoms with Gasteiger partial charge in [0.25, 0.3) is 0 Å². The Morgan fingerprint density at radius 1 is 0.438 bits per heavy atom. The lowest BCUT2D eigenvalue weighted by molar-refractivity contribution is 0.797. The van der Waals surface area contributed by atoms with E-state index in [9.17, 15) is 0 Å². The molecule has 13 rings (SSSR count). The highest BCUT2D eigenvalue weighted by Gasteiger charge is 2.30. The number of aromatic nitrogens is 3. The van der Waals surface area contributed by atoms with Gasteiger partial charge in [-0.2, -0.15) is 0 Å². The number of nitrogens with zero attached hydrogens (tertiary/aromatic N) is 3. The Kier molecular flexibility index (Phi) is 8.26. The quantitative estimate of drug-likeness (QED) is 0.173. The third kappa shape index (κ3) is 5.67. The molecule has 1 unspecified atom stereocenters. The zero-order chi connectivity index (χ0) is 42.3. The van der Waals surface area contributed by atoms with Gasteiger partial charge in [-0.05, 0) is 92.4 Å². The fourth-order valence-electron chi connectivity index (χ4n) is 10.7. The zero-order valence-electron chi connectivity index (χ0n) is 35.3. The predicted molar refractivity (Wildman–Crippen MR) is 267 cm³/mol. The molecular formula is C61H41N3. The van der Waals surface area contributed by atoms with Crippen LogP contribution in [0.4, 0.5) is 0 Å². The van der Waals surface area contributed by atoms with E-state index < -0.39 is 0 Å². The summed E-state index contributed by atoms with van der Waals surface area (Å²) in [5, 5.41) is 9.97. The zero-order valence-corrected chi connectivity index (χ0v) is 35.3. The smallest absolute Gasteiger partial charge is 0.160 e. The molecule has 0 N–H and O–H groups in total. The van der Waals surface area contributed by atoms with Gasteiger partial charge in [0.15, 0.2) is 5.82 Å². The lowest BCUT2D eigenvalue weighted by Gasteiger charge is -2.30. The van der Waals surface area contributed by atoms with E-state index in [1.807, 2.05) is 6.07 Å². The van der Waals surface area contributed by atoms with Crippen LogP contribution in [0.25, 0.3) is 105 Å². The fraction of sp³-hybridized carbons (Fsp3) is 0.0492. The van der Waals surface area contributed by atoms with Gasteiger partial charge in [0.1, 0.15) is 0 Å². The second kappa shape index (κ2) is 14.5. The molecule has 0 spiro atoms. The molecule has 0 saturated carbocycles. The summed E-state index contributed by atoms with van der Waals surface area (Å²) in [5.41, 5.74) is 16.5. The predicted octanol–water partition coefficient (Wildman–Crippen LogP) is 15.7. The summed E-state index contributed by atoms with van der Waals surface area (Å²) < 4.78 is 2.51. The number of hydrogen-bond donors (Lipinski definition) is 0. The summed E-state index contributed by atoms with van der Waals surface area (Å²) in [6.45, 7) is 2.16. The van der Waals surface area contributed by atoms with E-state index in [0.29, 0.717) is 0 Å². The molecule has 0 fully saturated rings. The van der Waals surface area contributed by atoms with Crippen LogP contribution in [0.1, 0.15) is 28.2 Å². The Morgan fingerprint density at radius 2 is 1.08 bits per heavy atom. The molecule has 2 heterocycles. The molecular weight excluding hydrogens is 775 g/mol. The largest absolute Gasteiger partial charge is 0.309 e. The molecule has 0 bridgehead atoms. The number of rotatable bonds is 5. The van der Waals surface area contributed by atoms with Gasteiger partial charge >= 0.3 is 0 Å². The maximum atomic E-state index is 5.36. The summed E-state index contributed by atoms with van der Waals surface area (Å²) in [6, 6.07) is 77.6. The first-order valence-corrected chi connectivity index (χ1v) is 22.2. The van der Waals surface area contributed by atoms with Gasteiger partial charge in [-0.25, -0.2) is 9.97 Å². The molecule has 0 aliphatic heterocycles. The maximum absolute atomic E-state index is 5.36. The minimum absolute atomic E-state index is 0.213. The van der Waals surface area contributed by atoms with Crippen LogP contribution in [0.2, 0.25) is 0 Å². The van der Waals surface area contributed by atoms with Crippen molar-refractivity contribution in [1.29, 1.82) is 0 Å². The van der Waals surface area contributed by atoms with Crippen LogP contribution < -0.4 is 0 Å². The highest BCUT2D eigenvalue weighted by molar-refractivity contribution is 6.14. The van der Waals surface area contributed by atoms with Crippen LogP contribution in [-0.4, -0.2) is 14.5 Å². The molecule has 0 radical (unpaired) electrons. The molecule has 2 aromatic heterocycles. The first-order chi connectivity index (χ1) is 31.7. The van der Waals surface area contributed by atoms with Crippen LogP contribution in [-0.2, 0) is 6.42 Å². The van der Waals surface area contributed by atoms with Crippen LogP contribution >= 0.6 is 0 Å². The number of hydrogen-bond acceptors (Lipinski definition) is 2. The molecule has 1 atom stereocenters. The van der Waals surface area contributed by atoms with E-state index in [-0.39, 0.29) is 5.92 Å². The lowest BCUT2D eigenvalue weighted by Crippen LogP contribution is -2.13. The third-order valence-corrected chi connectivity index (χ3v) is 13.7. The van der Waals surface area contributed by atoms with Gasteiger partial charge < -0.3 is 4.57 Å². The van der Waals surface area contributed by atoms with Crippen molar-refractivity contribution < 1.29 is 0 Å². The average molecular weight is 816 g/mol.